The molecule has 18 heavy (non-hydrogen) atoms. The highest BCUT2D eigenvalue weighted by Gasteiger charge is 2.21. The molecule has 0 saturated heterocycles. The number of carbonyl (C=O) groups excluding carboxylic acids is 2. The first-order valence-corrected chi connectivity index (χ1v) is 5.22. The Morgan fingerprint density at radius 1 is 1.28 bits per heavy atom. The first-order chi connectivity index (χ1) is 8.10. The number of hydrogen-bond acceptors (Lipinski definition) is 5. The Morgan fingerprint density at radius 2 is 1.83 bits per heavy atom. The van der Waals surface area contributed by atoms with Gasteiger partial charge in [0, 0.05) is 24.5 Å². The number of carboxylic acid groups (broad SMARTS) is 2. The lowest BCUT2D eigenvalue weighted by Crippen LogP contribution is -2.45. The summed E-state index contributed by atoms with van der Waals surface area (Å²) in [7, 11) is 5.43. The predicted molar refractivity (Wildman–Crippen MR) is 59.2 cm³/mol. The molecule has 0 aliphatic rings. The number of ether oxygens (including phenoxy) is 1. The summed E-state index contributed by atoms with van der Waals surface area (Å²) in [5.41, 5.74) is 0. The summed E-state index contributed by atoms with van der Waals surface area (Å²) < 4.78 is 5.26. The summed E-state index contributed by atoms with van der Waals surface area (Å²) in [5.74, 6) is -3.50. The van der Waals surface area contributed by atoms with Crippen LogP contribution in [-0.2, 0) is 19.1 Å². The highest BCUT2D eigenvalue weighted by molar-refractivity contribution is 5.90. The van der Waals surface area contributed by atoms with Gasteiger partial charge >= 0.3 is 11.9 Å². The molecule has 0 heterocycles. The van der Waals surface area contributed by atoms with E-state index in [2.05, 4.69) is 0 Å². The van der Waals surface area contributed by atoms with E-state index in [0.29, 0.717) is 10.6 Å². The van der Waals surface area contributed by atoms with Gasteiger partial charge in [-0.3, -0.25) is 0 Å². The summed E-state index contributed by atoms with van der Waals surface area (Å²) >= 11 is 0. The van der Waals surface area contributed by atoms with E-state index >= 15 is 0 Å². The number of nitrogens with zero attached hydrogens (tertiary/aromatic N) is 1. The molecule has 0 aromatic rings. The zero-order valence-electron chi connectivity index (χ0n) is 10.6. The smallest absolute Gasteiger partial charge is 0.331 e. The molecule has 0 fully saturated rings. The SMILES string of the molecule is C[N+](C)(C)C[C@@H](CC(=O)[O-])OC(=O)/C=C\C(=O)O. The molecule has 0 rings (SSSR count). The van der Waals surface area contributed by atoms with Crippen molar-refractivity contribution in [1.29, 1.82) is 0 Å². The molecule has 0 bridgehead atoms. The molecular weight excluding hydrogens is 242 g/mol. The standard InChI is InChI=1S/C11H17NO6/c1-12(2,3)7-8(6-10(15)16)18-11(17)5-4-9(13)14/h4-5,8H,6-7H2,1-3H3,(H-,13,14,15,16)/b5-4-/t8-/m1/s1. The molecule has 7 heteroatoms. The lowest BCUT2D eigenvalue weighted by Gasteiger charge is -2.28. The van der Waals surface area contributed by atoms with Crippen LogP contribution in [0.5, 0.6) is 0 Å². The minimum Gasteiger partial charge on any atom is -0.550 e. The van der Waals surface area contributed by atoms with Crippen LogP contribution in [0.1, 0.15) is 6.42 Å². The Hall–Kier alpha value is -1.89. The van der Waals surface area contributed by atoms with Crippen molar-refractivity contribution in [2.45, 2.75) is 12.5 Å². The number of aliphatic carboxylic acids is 2. The number of rotatable bonds is 7. The van der Waals surface area contributed by atoms with Gasteiger partial charge in [-0.2, -0.15) is 0 Å². The number of quaternary nitrogens is 1. The van der Waals surface area contributed by atoms with E-state index < -0.39 is 30.4 Å². The predicted octanol–water partition coefficient (Wildman–Crippen LogP) is -1.61. The highest BCUT2D eigenvalue weighted by atomic mass is 16.5. The number of carboxylic acids is 2. The van der Waals surface area contributed by atoms with Gasteiger partial charge in [0.15, 0.2) is 6.10 Å². The Bertz CT molecular complexity index is 355. The van der Waals surface area contributed by atoms with Crippen LogP contribution in [0, 0.1) is 0 Å². The molecule has 102 valence electrons. The van der Waals surface area contributed by atoms with E-state index in [1.54, 1.807) is 0 Å². The number of hydrogen-bond donors (Lipinski definition) is 1. The van der Waals surface area contributed by atoms with E-state index in [0.717, 1.165) is 6.08 Å². The van der Waals surface area contributed by atoms with Crippen molar-refractivity contribution in [2.24, 2.45) is 0 Å². The van der Waals surface area contributed by atoms with Crippen molar-refractivity contribution in [3.8, 4) is 0 Å². The summed E-state index contributed by atoms with van der Waals surface area (Å²) in [6, 6.07) is 0. The van der Waals surface area contributed by atoms with Crippen molar-refractivity contribution >= 4 is 17.9 Å². The van der Waals surface area contributed by atoms with E-state index in [1.165, 1.54) is 0 Å². The van der Waals surface area contributed by atoms with Gasteiger partial charge in [-0.1, -0.05) is 0 Å². The molecule has 0 spiro atoms. The largest absolute Gasteiger partial charge is 0.550 e. The first kappa shape index (κ1) is 16.1. The van der Waals surface area contributed by atoms with Gasteiger partial charge in [0.1, 0.15) is 6.54 Å². The Balaban J connectivity index is 4.54. The van der Waals surface area contributed by atoms with Crippen molar-refractivity contribution in [3.05, 3.63) is 12.2 Å². The Morgan fingerprint density at radius 3 is 2.22 bits per heavy atom. The normalized spacial score (nSPS) is 13.3. The van der Waals surface area contributed by atoms with Crippen LogP contribution in [0.4, 0.5) is 0 Å². The minimum absolute atomic E-state index is 0.278. The number of carbonyl (C=O) groups is 3. The van der Waals surface area contributed by atoms with Crippen molar-refractivity contribution in [1.82, 2.24) is 0 Å². The molecule has 0 aromatic carbocycles. The molecule has 0 aliphatic heterocycles. The molecule has 0 aromatic heterocycles. The zero-order valence-corrected chi connectivity index (χ0v) is 10.6. The van der Waals surface area contributed by atoms with Crippen LogP contribution in [0.2, 0.25) is 0 Å². The van der Waals surface area contributed by atoms with Crippen molar-refractivity contribution < 1.29 is 33.8 Å². The molecule has 7 nitrogen and oxygen atoms in total. The highest BCUT2D eigenvalue weighted by Crippen LogP contribution is 2.05. The van der Waals surface area contributed by atoms with E-state index in [9.17, 15) is 19.5 Å². The fraction of sp³-hybridized carbons (Fsp3) is 0.545. The third kappa shape index (κ3) is 9.34. The quantitative estimate of drug-likeness (QED) is 0.335. The van der Waals surface area contributed by atoms with Gasteiger partial charge in [-0.25, -0.2) is 9.59 Å². The van der Waals surface area contributed by atoms with Gasteiger partial charge in [-0.15, -0.1) is 0 Å². The molecule has 0 radical (unpaired) electrons. The maximum Gasteiger partial charge on any atom is 0.331 e. The molecule has 0 unspecified atom stereocenters. The van der Waals surface area contributed by atoms with Gasteiger partial charge in [-0.05, 0) is 0 Å². The van der Waals surface area contributed by atoms with Gasteiger partial charge in [0.25, 0.3) is 0 Å². The van der Waals surface area contributed by atoms with E-state index in [-0.39, 0.29) is 6.54 Å². The zero-order chi connectivity index (χ0) is 14.3. The first-order valence-electron chi connectivity index (χ1n) is 5.22. The van der Waals surface area contributed by atoms with Gasteiger partial charge < -0.3 is 24.2 Å². The molecule has 0 amide bonds. The van der Waals surface area contributed by atoms with Crippen LogP contribution < -0.4 is 5.11 Å². The molecule has 0 aliphatic carbocycles. The third-order valence-electron chi connectivity index (χ3n) is 1.79. The topological polar surface area (TPSA) is 104 Å². The molecule has 1 atom stereocenters. The third-order valence-corrected chi connectivity index (χ3v) is 1.79. The summed E-state index contributed by atoms with van der Waals surface area (Å²) in [6.07, 6.45) is 0.0771. The van der Waals surface area contributed by atoms with Gasteiger partial charge in [0.05, 0.1) is 21.1 Å². The summed E-state index contributed by atoms with van der Waals surface area (Å²) in [6.45, 7) is 0.278. The maximum absolute atomic E-state index is 11.2. The van der Waals surface area contributed by atoms with Gasteiger partial charge in [0.2, 0.25) is 0 Å². The Kier molecular flexibility index (Phi) is 6.04. The van der Waals surface area contributed by atoms with Crippen molar-refractivity contribution in [3.63, 3.8) is 0 Å². The van der Waals surface area contributed by atoms with E-state index in [4.69, 9.17) is 9.84 Å². The fourth-order valence-corrected chi connectivity index (χ4v) is 1.28. The van der Waals surface area contributed by atoms with Crippen LogP contribution >= 0.6 is 0 Å². The minimum atomic E-state index is -1.33. The van der Waals surface area contributed by atoms with E-state index in [1.807, 2.05) is 21.1 Å². The van der Waals surface area contributed by atoms with Crippen LogP contribution in [0.15, 0.2) is 12.2 Å². The fourth-order valence-electron chi connectivity index (χ4n) is 1.28. The average Bonchev–Trinajstić information content (AvgIpc) is 2.10. The number of likely N-dealkylation sites (N-methyl/N-ethyl adjacent to an activating group) is 1. The monoisotopic (exact) mass is 259 g/mol. The van der Waals surface area contributed by atoms with Crippen LogP contribution in [-0.4, -0.2) is 61.3 Å². The maximum atomic E-state index is 11.2. The Labute approximate surface area is 105 Å². The second-order valence-electron chi connectivity index (χ2n) is 4.78. The lowest BCUT2D eigenvalue weighted by atomic mass is 10.2. The summed E-state index contributed by atoms with van der Waals surface area (Å²) in [5, 5.41) is 18.8. The van der Waals surface area contributed by atoms with Crippen LogP contribution in [0.3, 0.4) is 0 Å². The van der Waals surface area contributed by atoms with Crippen molar-refractivity contribution in [2.75, 3.05) is 27.7 Å². The molecule has 0 saturated carbocycles. The average molecular weight is 259 g/mol. The number of esters is 1. The second kappa shape index (κ2) is 6.75. The van der Waals surface area contributed by atoms with Crippen LogP contribution in [0.25, 0.3) is 0 Å². The lowest BCUT2D eigenvalue weighted by molar-refractivity contribution is -0.873. The molecule has 1 N–H and O–H groups in total. The molecular formula is C11H17NO6. The summed E-state index contributed by atoms with van der Waals surface area (Å²) in [4.78, 5) is 31.9. The second-order valence-corrected chi connectivity index (χ2v) is 4.78.